The number of aromatic hydroxyl groups is 1. The van der Waals surface area contributed by atoms with Gasteiger partial charge >= 0.3 is 5.69 Å². The number of nitrogens with zero attached hydrogens (tertiary/aromatic N) is 1. The van der Waals surface area contributed by atoms with E-state index in [0.717, 1.165) is 45.9 Å². The minimum atomic E-state index is -0.666. The van der Waals surface area contributed by atoms with Crippen LogP contribution in [0.5, 0.6) is 5.88 Å². The lowest BCUT2D eigenvalue weighted by Crippen LogP contribution is -2.87. The molecule has 0 saturated heterocycles. The van der Waals surface area contributed by atoms with E-state index in [0.29, 0.717) is 5.69 Å². The van der Waals surface area contributed by atoms with Gasteiger partial charge in [0, 0.05) is 22.7 Å². The average Bonchev–Trinajstić information content (AvgIpc) is 3.19. The lowest BCUT2D eigenvalue weighted by molar-refractivity contribution is -0.690. The van der Waals surface area contributed by atoms with Crippen LogP contribution in [-0.2, 0) is 6.42 Å². The maximum absolute atomic E-state index is 13.0. The fraction of sp³-hybridized carbons (Fsp3) is 0.120. The summed E-state index contributed by atoms with van der Waals surface area (Å²) >= 11 is 0. The lowest BCUT2D eigenvalue weighted by atomic mass is 9.95. The van der Waals surface area contributed by atoms with Crippen molar-refractivity contribution < 1.29 is 10.4 Å². The van der Waals surface area contributed by atoms with Crippen LogP contribution in [0.15, 0.2) is 76.3 Å². The second kappa shape index (κ2) is 6.96. The van der Waals surface area contributed by atoms with E-state index in [2.05, 4.69) is 16.0 Å². The first-order valence-electron chi connectivity index (χ1n) is 10.6. The van der Waals surface area contributed by atoms with Crippen molar-refractivity contribution in [2.24, 2.45) is 0 Å². The van der Waals surface area contributed by atoms with E-state index in [1.165, 1.54) is 4.57 Å². The molecule has 0 aliphatic carbocycles. The summed E-state index contributed by atoms with van der Waals surface area (Å²) < 4.78 is 1.20. The van der Waals surface area contributed by atoms with Gasteiger partial charge in [0.25, 0.3) is 5.56 Å². The molecule has 0 fully saturated rings. The number of quaternary nitrogens is 1. The van der Waals surface area contributed by atoms with Crippen LogP contribution in [0.2, 0.25) is 0 Å². The molecule has 0 bridgehead atoms. The summed E-state index contributed by atoms with van der Waals surface area (Å²) in [6, 6.07) is 20.8. The van der Waals surface area contributed by atoms with Crippen molar-refractivity contribution in [3.63, 3.8) is 0 Å². The van der Waals surface area contributed by atoms with Gasteiger partial charge in [0.05, 0.1) is 17.9 Å². The molecule has 2 aromatic heterocycles. The molecule has 7 heteroatoms. The molecule has 1 aliphatic heterocycles. The Morgan fingerprint density at radius 3 is 2.53 bits per heavy atom. The highest BCUT2D eigenvalue weighted by molar-refractivity contribution is 5.90. The summed E-state index contributed by atoms with van der Waals surface area (Å²) in [5.41, 5.74) is 2.49. The molecule has 158 valence electrons. The number of rotatable bonds is 2. The molecule has 0 spiro atoms. The van der Waals surface area contributed by atoms with Gasteiger partial charge in [0.2, 0.25) is 5.88 Å². The Bertz CT molecular complexity index is 1620. The Balaban J connectivity index is 1.62. The smallest absolute Gasteiger partial charge is 0.335 e. The Kier molecular flexibility index (Phi) is 4.06. The molecule has 1 atom stereocenters. The number of hydrogen-bond acceptors (Lipinski definition) is 3. The van der Waals surface area contributed by atoms with E-state index in [9.17, 15) is 14.7 Å². The molecule has 3 aromatic carbocycles. The lowest BCUT2D eigenvalue weighted by Gasteiger charge is -2.22. The topological polar surface area (TPSA) is 107 Å². The second-order valence-corrected chi connectivity index (χ2v) is 8.15. The molecular formula is C25H21N4O3+. The van der Waals surface area contributed by atoms with Gasteiger partial charge in [-0.05, 0) is 23.1 Å². The molecule has 0 saturated carbocycles. The minimum Gasteiger partial charge on any atom is -0.494 e. The number of benzene rings is 3. The van der Waals surface area contributed by atoms with Crippen molar-refractivity contribution in [1.29, 1.82) is 0 Å². The quantitative estimate of drug-likeness (QED) is 0.348. The third kappa shape index (κ3) is 2.65. The number of aromatic nitrogens is 3. The third-order valence-corrected chi connectivity index (χ3v) is 6.39. The summed E-state index contributed by atoms with van der Waals surface area (Å²) in [4.78, 5) is 31.7. The number of aromatic amines is 2. The average molecular weight is 425 g/mol. The van der Waals surface area contributed by atoms with Crippen LogP contribution in [0.4, 0.5) is 0 Å². The molecule has 32 heavy (non-hydrogen) atoms. The van der Waals surface area contributed by atoms with Gasteiger partial charge in [-0.1, -0.05) is 54.6 Å². The zero-order valence-corrected chi connectivity index (χ0v) is 17.1. The van der Waals surface area contributed by atoms with Crippen molar-refractivity contribution >= 4 is 21.7 Å². The van der Waals surface area contributed by atoms with E-state index in [1.54, 1.807) is 6.07 Å². The van der Waals surface area contributed by atoms with Crippen LogP contribution in [0.3, 0.4) is 0 Å². The molecule has 6 rings (SSSR count). The van der Waals surface area contributed by atoms with E-state index >= 15 is 0 Å². The zero-order chi connectivity index (χ0) is 21.8. The van der Waals surface area contributed by atoms with Crippen molar-refractivity contribution in [2.45, 2.75) is 12.5 Å². The van der Waals surface area contributed by atoms with E-state index in [1.807, 2.05) is 59.9 Å². The number of H-pyrrole nitrogens is 2. The van der Waals surface area contributed by atoms with Crippen molar-refractivity contribution in [3.05, 3.63) is 104 Å². The molecule has 5 N–H and O–H groups in total. The summed E-state index contributed by atoms with van der Waals surface area (Å²) in [6.07, 6.45) is 0.859. The molecular weight excluding hydrogens is 404 g/mol. The SMILES string of the molecule is O=c1[nH]c(=O)n(-c2cccc3ccccc23)c(O)c1[C@H]1[NH2+]CCc2c1[nH]c1ccccc21. The number of para-hydroxylation sites is 1. The van der Waals surface area contributed by atoms with Crippen LogP contribution in [0.1, 0.15) is 22.9 Å². The molecule has 3 heterocycles. The Hall–Kier alpha value is -4.10. The number of nitrogens with one attached hydrogen (secondary N) is 2. The van der Waals surface area contributed by atoms with Gasteiger partial charge < -0.3 is 15.4 Å². The third-order valence-electron chi connectivity index (χ3n) is 6.39. The zero-order valence-electron chi connectivity index (χ0n) is 17.1. The summed E-state index contributed by atoms with van der Waals surface area (Å²) in [7, 11) is 0. The first kappa shape index (κ1) is 18.7. The molecule has 5 aromatic rings. The highest BCUT2D eigenvalue weighted by Gasteiger charge is 2.34. The fourth-order valence-electron chi connectivity index (χ4n) is 4.98. The predicted octanol–water partition coefficient (Wildman–Crippen LogP) is 2.07. The van der Waals surface area contributed by atoms with Crippen molar-refractivity contribution in [1.82, 2.24) is 14.5 Å². The highest BCUT2D eigenvalue weighted by Crippen LogP contribution is 2.33. The van der Waals surface area contributed by atoms with Gasteiger partial charge in [-0.25, -0.2) is 9.36 Å². The minimum absolute atomic E-state index is 0.171. The molecule has 0 unspecified atom stereocenters. The molecule has 0 amide bonds. The number of fused-ring (bicyclic) bond motifs is 4. The second-order valence-electron chi connectivity index (χ2n) is 8.15. The maximum Gasteiger partial charge on any atom is 0.335 e. The van der Waals surface area contributed by atoms with E-state index in [4.69, 9.17) is 0 Å². The Morgan fingerprint density at radius 2 is 1.66 bits per heavy atom. The fourth-order valence-corrected chi connectivity index (χ4v) is 4.98. The van der Waals surface area contributed by atoms with Crippen LogP contribution in [-0.4, -0.2) is 26.2 Å². The first-order chi connectivity index (χ1) is 15.6. The molecule has 1 aliphatic rings. The Labute approximate surface area is 182 Å². The predicted molar refractivity (Wildman–Crippen MR) is 122 cm³/mol. The van der Waals surface area contributed by atoms with Crippen LogP contribution in [0, 0.1) is 0 Å². The van der Waals surface area contributed by atoms with Gasteiger partial charge in [-0.3, -0.25) is 9.78 Å². The van der Waals surface area contributed by atoms with Crippen molar-refractivity contribution in [2.75, 3.05) is 6.54 Å². The van der Waals surface area contributed by atoms with Crippen LogP contribution < -0.4 is 16.6 Å². The number of nitrogens with two attached hydrogens (primary N) is 1. The van der Waals surface area contributed by atoms with Gasteiger partial charge in [0.15, 0.2) is 6.04 Å². The first-order valence-corrected chi connectivity index (χ1v) is 10.6. The van der Waals surface area contributed by atoms with Crippen LogP contribution in [0.25, 0.3) is 27.4 Å². The normalized spacial score (nSPS) is 15.8. The Morgan fingerprint density at radius 1 is 0.906 bits per heavy atom. The molecule has 0 radical (unpaired) electrons. The van der Waals surface area contributed by atoms with Gasteiger partial charge in [0.1, 0.15) is 5.56 Å². The standard InChI is InChI=1S/C25H20N4O3/c30-23-20(22-21-17(12-13-26-22)16-9-3-4-10-18(16)27-21)24(31)29(25(32)28-23)19-11-5-7-14-6-1-2-8-15(14)19/h1-11,22,26-27,31H,12-13H2,(H,28,30,32)/p+1/t22-/m1/s1. The van der Waals surface area contributed by atoms with Crippen molar-refractivity contribution in [3.8, 4) is 11.6 Å². The monoisotopic (exact) mass is 425 g/mol. The summed E-state index contributed by atoms with van der Waals surface area (Å²) in [5.74, 6) is -0.331. The summed E-state index contributed by atoms with van der Waals surface area (Å²) in [5, 5.41) is 16.2. The van der Waals surface area contributed by atoms with Crippen LogP contribution >= 0.6 is 0 Å². The summed E-state index contributed by atoms with van der Waals surface area (Å²) in [6.45, 7) is 0.770. The number of hydrogen-bond donors (Lipinski definition) is 4. The largest absolute Gasteiger partial charge is 0.494 e. The molecule has 7 nitrogen and oxygen atoms in total. The highest BCUT2D eigenvalue weighted by atomic mass is 16.3. The van der Waals surface area contributed by atoms with Gasteiger partial charge in [-0.2, -0.15) is 0 Å². The van der Waals surface area contributed by atoms with Gasteiger partial charge in [-0.15, -0.1) is 0 Å². The van der Waals surface area contributed by atoms with E-state index in [-0.39, 0.29) is 11.4 Å². The maximum atomic E-state index is 13.0. The van der Waals surface area contributed by atoms with E-state index < -0.39 is 17.3 Å².